The lowest BCUT2D eigenvalue weighted by Crippen LogP contribution is -2.49. The minimum absolute atomic E-state index is 0.00617. The van der Waals surface area contributed by atoms with Crippen LogP contribution in [0.4, 0.5) is 0 Å². The first-order chi connectivity index (χ1) is 17.7. The molecule has 1 amide bonds. The molecule has 0 bridgehead atoms. The standard InChI is InChI=1S/C28H36N4O5/c1-19-14-32(20(2)17-33)28(34)23-11-21(7-6-10-30(3)4)13-29-27(23)37-26(19)16-31(5)15-22-8-9-24-25(12-22)36-18-35-24/h8-9,11-13,19-20,26,33H,10,14-18H2,1-5H3/t19-,20+,26-/m1/s1. The maximum atomic E-state index is 13.5. The van der Waals surface area contributed by atoms with Crippen molar-refractivity contribution in [1.29, 1.82) is 0 Å². The molecule has 2 aromatic rings. The maximum absolute atomic E-state index is 13.5. The molecular weight excluding hydrogens is 472 g/mol. The molecule has 0 aliphatic carbocycles. The Kier molecular flexibility index (Phi) is 8.54. The quantitative estimate of drug-likeness (QED) is 0.569. The highest BCUT2D eigenvalue weighted by Crippen LogP contribution is 2.33. The summed E-state index contributed by atoms with van der Waals surface area (Å²) in [5, 5.41) is 9.87. The number of pyridine rings is 1. The van der Waals surface area contributed by atoms with E-state index < -0.39 is 0 Å². The van der Waals surface area contributed by atoms with Gasteiger partial charge in [-0.2, -0.15) is 0 Å². The fraction of sp³-hybridized carbons (Fsp3) is 0.500. The number of fused-ring (bicyclic) bond motifs is 2. The molecule has 0 saturated heterocycles. The fourth-order valence-corrected chi connectivity index (χ4v) is 4.41. The van der Waals surface area contributed by atoms with Crippen LogP contribution in [0.25, 0.3) is 0 Å². The lowest BCUT2D eigenvalue weighted by atomic mass is 9.99. The van der Waals surface area contributed by atoms with Crippen molar-refractivity contribution >= 4 is 5.91 Å². The molecule has 9 heteroatoms. The lowest BCUT2D eigenvalue weighted by Gasteiger charge is -2.37. The van der Waals surface area contributed by atoms with E-state index in [1.165, 1.54) is 0 Å². The Hall–Kier alpha value is -3.32. The highest BCUT2D eigenvalue weighted by molar-refractivity contribution is 5.97. The summed E-state index contributed by atoms with van der Waals surface area (Å²) >= 11 is 0. The maximum Gasteiger partial charge on any atom is 0.259 e. The Labute approximate surface area is 218 Å². The Bertz CT molecular complexity index is 1170. The molecule has 0 radical (unpaired) electrons. The number of carbonyl (C=O) groups excluding carboxylic acids is 1. The van der Waals surface area contributed by atoms with Gasteiger partial charge in [0.15, 0.2) is 11.5 Å². The number of aromatic nitrogens is 1. The topological polar surface area (TPSA) is 87.6 Å². The van der Waals surface area contributed by atoms with Crippen LogP contribution < -0.4 is 14.2 Å². The van der Waals surface area contributed by atoms with Gasteiger partial charge >= 0.3 is 0 Å². The third-order valence-corrected chi connectivity index (χ3v) is 6.53. The van der Waals surface area contributed by atoms with Crippen LogP contribution in [0.3, 0.4) is 0 Å². The van der Waals surface area contributed by atoms with Crippen molar-refractivity contribution in [2.45, 2.75) is 32.5 Å². The molecule has 1 aromatic heterocycles. The Morgan fingerprint density at radius 2 is 2.00 bits per heavy atom. The van der Waals surface area contributed by atoms with Gasteiger partial charge in [-0.3, -0.25) is 14.6 Å². The average molecular weight is 509 g/mol. The zero-order chi connectivity index (χ0) is 26.5. The molecule has 0 fully saturated rings. The van der Waals surface area contributed by atoms with Crippen molar-refractivity contribution in [3.8, 4) is 29.2 Å². The summed E-state index contributed by atoms with van der Waals surface area (Å²) in [4.78, 5) is 23.9. The smallest absolute Gasteiger partial charge is 0.259 e. The van der Waals surface area contributed by atoms with E-state index in [1.54, 1.807) is 17.2 Å². The molecule has 2 aliphatic rings. The Balaban J connectivity index is 1.57. The number of rotatable bonds is 7. The van der Waals surface area contributed by atoms with Gasteiger partial charge in [0.1, 0.15) is 11.7 Å². The van der Waals surface area contributed by atoms with Crippen molar-refractivity contribution in [3.05, 3.63) is 47.2 Å². The van der Waals surface area contributed by atoms with Gasteiger partial charge in [-0.05, 0) is 51.8 Å². The SMILES string of the molecule is C[C@@H]1CN([C@@H](C)CO)C(=O)c2cc(C#CCN(C)C)cnc2O[C@@H]1CN(C)Cc1ccc2c(c1)OCO2. The first-order valence-electron chi connectivity index (χ1n) is 12.5. The zero-order valence-electron chi connectivity index (χ0n) is 22.2. The molecule has 2 aliphatic heterocycles. The van der Waals surface area contributed by atoms with E-state index in [0.717, 1.165) is 17.1 Å². The van der Waals surface area contributed by atoms with Crippen molar-refractivity contribution < 1.29 is 24.1 Å². The minimum Gasteiger partial charge on any atom is -0.472 e. The van der Waals surface area contributed by atoms with Crippen molar-refractivity contribution in [2.24, 2.45) is 5.92 Å². The Morgan fingerprint density at radius 3 is 2.76 bits per heavy atom. The highest BCUT2D eigenvalue weighted by Gasteiger charge is 2.34. The first kappa shape index (κ1) is 26.7. The van der Waals surface area contributed by atoms with Gasteiger partial charge in [-0.15, -0.1) is 0 Å². The predicted octanol–water partition coefficient (Wildman–Crippen LogP) is 2.08. The van der Waals surface area contributed by atoms with Crippen molar-refractivity contribution in [2.75, 3.05) is 54.2 Å². The van der Waals surface area contributed by atoms with Crippen LogP contribution in [-0.4, -0.2) is 97.0 Å². The largest absolute Gasteiger partial charge is 0.472 e. The van der Waals surface area contributed by atoms with Gasteiger partial charge in [0.25, 0.3) is 5.91 Å². The van der Waals surface area contributed by atoms with E-state index in [4.69, 9.17) is 14.2 Å². The molecule has 1 aromatic carbocycles. The Morgan fingerprint density at radius 1 is 1.22 bits per heavy atom. The number of carbonyl (C=O) groups is 1. The summed E-state index contributed by atoms with van der Waals surface area (Å²) in [5.74, 6) is 7.78. The lowest BCUT2D eigenvalue weighted by molar-refractivity contribution is 0.0325. The molecular formula is C28H36N4O5. The molecule has 37 heavy (non-hydrogen) atoms. The van der Waals surface area contributed by atoms with Gasteiger partial charge in [-0.1, -0.05) is 24.8 Å². The molecule has 198 valence electrons. The van der Waals surface area contributed by atoms with Crippen molar-refractivity contribution in [3.63, 3.8) is 0 Å². The molecule has 9 nitrogen and oxygen atoms in total. The van der Waals surface area contributed by atoms with E-state index in [-0.39, 0.29) is 37.4 Å². The zero-order valence-corrected chi connectivity index (χ0v) is 22.2. The average Bonchev–Trinajstić information content (AvgIpc) is 3.33. The van der Waals surface area contributed by atoms with Crippen molar-refractivity contribution in [1.82, 2.24) is 19.7 Å². The predicted molar refractivity (Wildman–Crippen MR) is 140 cm³/mol. The van der Waals surface area contributed by atoms with Crippen LogP contribution in [0.1, 0.15) is 35.3 Å². The molecule has 3 atom stereocenters. The summed E-state index contributed by atoms with van der Waals surface area (Å²) in [7, 11) is 5.93. The van der Waals surface area contributed by atoms with Crippen LogP contribution in [0.2, 0.25) is 0 Å². The van der Waals surface area contributed by atoms with Crippen LogP contribution in [0, 0.1) is 17.8 Å². The number of aliphatic hydroxyl groups excluding tert-OH is 1. The summed E-state index contributed by atoms with van der Waals surface area (Å²) in [6.07, 6.45) is 1.42. The van der Waals surface area contributed by atoms with E-state index in [2.05, 4.69) is 28.6 Å². The molecule has 0 unspecified atom stereocenters. The third-order valence-electron chi connectivity index (χ3n) is 6.53. The van der Waals surface area contributed by atoms with Gasteiger partial charge in [0.2, 0.25) is 12.7 Å². The number of amides is 1. The number of likely N-dealkylation sites (N-methyl/N-ethyl adjacent to an activating group) is 1. The molecule has 3 heterocycles. The summed E-state index contributed by atoms with van der Waals surface area (Å²) in [6, 6.07) is 7.37. The second-order valence-corrected chi connectivity index (χ2v) is 10.1. The van der Waals surface area contributed by atoms with Crippen LogP contribution in [0.5, 0.6) is 17.4 Å². The number of ether oxygens (including phenoxy) is 3. The van der Waals surface area contributed by atoms with Gasteiger partial charge in [0.05, 0.1) is 19.2 Å². The van der Waals surface area contributed by atoms with E-state index in [9.17, 15) is 9.90 Å². The number of aliphatic hydroxyl groups is 1. The first-order valence-corrected chi connectivity index (χ1v) is 12.5. The summed E-state index contributed by atoms with van der Waals surface area (Å²) in [6.45, 7) is 6.41. The van der Waals surface area contributed by atoms with Crippen LogP contribution >= 0.6 is 0 Å². The third kappa shape index (κ3) is 6.52. The van der Waals surface area contributed by atoms with Gasteiger partial charge in [0, 0.05) is 37.3 Å². The highest BCUT2D eigenvalue weighted by atomic mass is 16.7. The van der Waals surface area contributed by atoms with E-state index in [0.29, 0.717) is 43.2 Å². The number of hydrogen-bond donors (Lipinski definition) is 1. The van der Waals surface area contributed by atoms with Crippen LogP contribution in [-0.2, 0) is 6.54 Å². The number of benzene rings is 1. The molecule has 1 N–H and O–H groups in total. The molecule has 0 saturated carbocycles. The summed E-state index contributed by atoms with van der Waals surface area (Å²) < 4.78 is 17.3. The van der Waals surface area contributed by atoms with E-state index in [1.807, 2.05) is 51.2 Å². The van der Waals surface area contributed by atoms with Gasteiger partial charge in [-0.25, -0.2) is 4.98 Å². The number of hydrogen-bond acceptors (Lipinski definition) is 8. The van der Waals surface area contributed by atoms with Gasteiger partial charge < -0.3 is 24.2 Å². The molecule has 0 spiro atoms. The monoisotopic (exact) mass is 508 g/mol. The normalized spacial score (nSPS) is 19.6. The van der Waals surface area contributed by atoms with E-state index >= 15 is 0 Å². The second kappa shape index (κ2) is 11.8. The summed E-state index contributed by atoms with van der Waals surface area (Å²) in [5.41, 5.74) is 2.13. The molecule has 4 rings (SSSR count). The number of nitrogens with zero attached hydrogens (tertiary/aromatic N) is 4. The second-order valence-electron chi connectivity index (χ2n) is 10.1. The fourth-order valence-electron chi connectivity index (χ4n) is 4.41. The minimum atomic E-state index is -0.337. The van der Waals surface area contributed by atoms with Crippen LogP contribution in [0.15, 0.2) is 30.5 Å².